The maximum absolute atomic E-state index is 12.8. The van der Waals surface area contributed by atoms with E-state index in [9.17, 15) is 4.79 Å². The molecule has 8 nitrogen and oxygen atoms in total. The molecule has 5 aromatic rings. The Hall–Kier alpha value is -4.30. The number of amides is 1. The molecule has 0 unspecified atom stereocenters. The van der Waals surface area contributed by atoms with Crippen LogP contribution in [0.25, 0.3) is 33.2 Å². The molecule has 0 atom stereocenters. The van der Waals surface area contributed by atoms with E-state index in [2.05, 4.69) is 60.0 Å². The molecule has 0 saturated carbocycles. The minimum Gasteiger partial charge on any atom is -0.340 e. The van der Waals surface area contributed by atoms with Crippen LogP contribution in [0.5, 0.6) is 0 Å². The Labute approximate surface area is 227 Å². The van der Waals surface area contributed by atoms with E-state index in [1.807, 2.05) is 59.4 Å². The number of anilines is 3. The first kappa shape index (κ1) is 25.0. The molecule has 3 N–H and O–H groups in total. The lowest BCUT2D eigenvalue weighted by atomic mass is 9.97. The van der Waals surface area contributed by atoms with Crippen molar-refractivity contribution < 1.29 is 4.79 Å². The highest BCUT2D eigenvalue weighted by Crippen LogP contribution is 2.30. The van der Waals surface area contributed by atoms with Crippen molar-refractivity contribution in [2.24, 2.45) is 5.92 Å². The lowest BCUT2D eigenvalue weighted by Gasteiger charge is -2.21. The van der Waals surface area contributed by atoms with E-state index in [1.54, 1.807) is 0 Å². The maximum Gasteiger partial charge on any atom is 0.227 e. The van der Waals surface area contributed by atoms with E-state index in [-0.39, 0.29) is 17.4 Å². The number of piperidine rings is 1. The van der Waals surface area contributed by atoms with Gasteiger partial charge in [0.25, 0.3) is 0 Å². The predicted molar refractivity (Wildman–Crippen MR) is 157 cm³/mol. The molecule has 0 bridgehead atoms. The molecule has 0 aliphatic carbocycles. The number of carbonyl (C=O) groups is 1. The minimum atomic E-state index is -0.101. The lowest BCUT2D eigenvalue weighted by Crippen LogP contribution is -2.34. The maximum atomic E-state index is 12.8. The van der Waals surface area contributed by atoms with Gasteiger partial charge in [0.15, 0.2) is 5.82 Å². The number of aromatic nitrogens is 4. The average Bonchev–Trinajstić information content (AvgIpc) is 3.38. The highest BCUT2D eigenvalue weighted by molar-refractivity contribution is 5.95. The topological polar surface area (TPSA) is 96.8 Å². The second-order valence-corrected chi connectivity index (χ2v) is 11.1. The van der Waals surface area contributed by atoms with Gasteiger partial charge in [-0.2, -0.15) is 5.10 Å². The van der Waals surface area contributed by atoms with Crippen molar-refractivity contribution in [3.05, 3.63) is 72.9 Å². The van der Waals surface area contributed by atoms with Crippen molar-refractivity contribution in [3.63, 3.8) is 0 Å². The molecule has 1 amide bonds. The molecule has 8 heteroatoms. The molecule has 3 aromatic carbocycles. The number of carbonyl (C=O) groups excluding carboxylic acids is 1. The largest absolute Gasteiger partial charge is 0.340 e. The molecule has 1 aliphatic rings. The van der Waals surface area contributed by atoms with Crippen molar-refractivity contribution in [2.45, 2.75) is 39.2 Å². The van der Waals surface area contributed by atoms with Gasteiger partial charge in [-0.25, -0.2) is 9.97 Å². The van der Waals surface area contributed by atoms with Gasteiger partial charge in [0.2, 0.25) is 5.91 Å². The second-order valence-electron chi connectivity index (χ2n) is 11.1. The number of nitrogens with zero attached hydrogens (tertiary/aromatic N) is 4. The first-order valence-corrected chi connectivity index (χ1v) is 13.5. The van der Waals surface area contributed by atoms with E-state index in [0.29, 0.717) is 5.82 Å². The number of fused-ring (bicyclic) bond motifs is 2. The van der Waals surface area contributed by atoms with Crippen molar-refractivity contribution in [2.75, 3.05) is 23.7 Å². The standard InChI is InChI=1S/C31H33N7O/c1-31(2,3)38-27-12-11-24(18-22(27)19-33-38)34-29-25-9-4-5-10-26(25)36-28(37-29)21-7-6-8-23(17-21)35-30(39)20-13-15-32-16-14-20/h4-12,17-20,32H,13-16H2,1-3H3,(H,35,39)(H,34,36,37). The highest BCUT2D eigenvalue weighted by Gasteiger charge is 2.21. The summed E-state index contributed by atoms with van der Waals surface area (Å²) < 4.78 is 2.04. The Bertz CT molecular complexity index is 1660. The van der Waals surface area contributed by atoms with Crippen LogP contribution in [0.1, 0.15) is 33.6 Å². The van der Waals surface area contributed by atoms with Gasteiger partial charge >= 0.3 is 0 Å². The SMILES string of the molecule is CC(C)(C)n1ncc2cc(Nc3nc(-c4cccc(NC(=O)C5CCNCC5)c4)nc4ccccc34)ccc21. The quantitative estimate of drug-likeness (QED) is 0.260. The highest BCUT2D eigenvalue weighted by atomic mass is 16.1. The Morgan fingerprint density at radius 3 is 2.59 bits per heavy atom. The van der Waals surface area contributed by atoms with Crippen LogP contribution in [0.4, 0.5) is 17.2 Å². The van der Waals surface area contributed by atoms with Gasteiger partial charge in [-0.1, -0.05) is 24.3 Å². The number of hydrogen-bond donors (Lipinski definition) is 3. The Morgan fingerprint density at radius 1 is 0.949 bits per heavy atom. The van der Waals surface area contributed by atoms with Crippen molar-refractivity contribution >= 4 is 44.9 Å². The number of nitrogens with one attached hydrogen (secondary N) is 3. The molecule has 2 aromatic heterocycles. The fourth-order valence-corrected chi connectivity index (χ4v) is 5.15. The van der Waals surface area contributed by atoms with Crippen LogP contribution in [-0.2, 0) is 10.3 Å². The molecule has 39 heavy (non-hydrogen) atoms. The first-order chi connectivity index (χ1) is 18.8. The third-order valence-corrected chi connectivity index (χ3v) is 7.17. The van der Waals surface area contributed by atoms with Crippen LogP contribution in [0, 0.1) is 5.92 Å². The lowest BCUT2D eigenvalue weighted by molar-refractivity contribution is -0.120. The van der Waals surface area contributed by atoms with Crippen LogP contribution in [-0.4, -0.2) is 38.7 Å². The summed E-state index contributed by atoms with van der Waals surface area (Å²) in [6, 6.07) is 22.0. The van der Waals surface area contributed by atoms with Gasteiger partial charge in [-0.05, 0) is 89.2 Å². The molecule has 0 radical (unpaired) electrons. The molecule has 1 aliphatic heterocycles. The fourth-order valence-electron chi connectivity index (χ4n) is 5.15. The molecule has 1 fully saturated rings. The average molecular weight is 520 g/mol. The Morgan fingerprint density at radius 2 is 1.77 bits per heavy atom. The summed E-state index contributed by atoms with van der Waals surface area (Å²) in [7, 11) is 0. The molecule has 198 valence electrons. The summed E-state index contributed by atoms with van der Waals surface area (Å²) in [5.74, 6) is 1.43. The Balaban J connectivity index is 1.32. The van der Waals surface area contributed by atoms with Crippen LogP contribution < -0.4 is 16.0 Å². The van der Waals surface area contributed by atoms with E-state index in [0.717, 1.165) is 70.5 Å². The first-order valence-electron chi connectivity index (χ1n) is 13.5. The van der Waals surface area contributed by atoms with Gasteiger partial charge in [0.05, 0.1) is 22.8 Å². The van der Waals surface area contributed by atoms with Crippen molar-refractivity contribution in [3.8, 4) is 11.4 Å². The number of benzene rings is 3. The van der Waals surface area contributed by atoms with Gasteiger partial charge < -0.3 is 16.0 Å². The van der Waals surface area contributed by atoms with E-state index in [1.165, 1.54) is 0 Å². The summed E-state index contributed by atoms with van der Waals surface area (Å²) in [5.41, 5.74) is 4.35. The van der Waals surface area contributed by atoms with Crippen LogP contribution in [0.2, 0.25) is 0 Å². The van der Waals surface area contributed by atoms with E-state index < -0.39 is 0 Å². The molecular formula is C31H33N7O. The normalized spacial score (nSPS) is 14.5. The smallest absolute Gasteiger partial charge is 0.227 e. The summed E-state index contributed by atoms with van der Waals surface area (Å²) >= 11 is 0. The Kier molecular flexibility index (Phi) is 6.48. The van der Waals surface area contributed by atoms with Gasteiger partial charge in [0.1, 0.15) is 5.82 Å². The van der Waals surface area contributed by atoms with Crippen LogP contribution in [0.15, 0.2) is 72.9 Å². The molecular weight excluding hydrogens is 486 g/mol. The second kappa shape index (κ2) is 10.1. The zero-order valence-electron chi connectivity index (χ0n) is 22.5. The molecule has 3 heterocycles. The number of rotatable bonds is 5. The molecule has 6 rings (SSSR count). The van der Waals surface area contributed by atoms with E-state index >= 15 is 0 Å². The summed E-state index contributed by atoms with van der Waals surface area (Å²) in [5, 5.41) is 16.5. The summed E-state index contributed by atoms with van der Waals surface area (Å²) in [4.78, 5) is 22.6. The van der Waals surface area contributed by atoms with Crippen LogP contribution in [0.3, 0.4) is 0 Å². The van der Waals surface area contributed by atoms with Crippen molar-refractivity contribution in [1.29, 1.82) is 0 Å². The minimum absolute atomic E-state index is 0.0375. The zero-order valence-corrected chi connectivity index (χ0v) is 22.5. The van der Waals surface area contributed by atoms with E-state index in [4.69, 9.17) is 9.97 Å². The predicted octanol–water partition coefficient (Wildman–Crippen LogP) is 6.08. The van der Waals surface area contributed by atoms with Crippen LogP contribution >= 0.6 is 0 Å². The molecule has 0 spiro atoms. The van der Waals surface area contributed by atoms with Gasteiger partial charge in [-0.3, -0.25) is 9.48 Å². The summed E-state index contributed by atoms with van der Waals surface area (Å²) in [6.07, 6.45) is 3.62. The number of hydrogen-bond acceptors (Lipinski definition) is 6. The fraction of sp³-hybridized carbons (Fsp3) is 0.290. The zero-order chi connectivity index (χ0) is 27.0. The van der Waals surface area contributed by atoms with Gasteiger partial charge in [-0.15, -0.1) is 0 Å². The monoisotopic (exact) mass is 519 g/mol. The molecule has 1 saturated heterocycles. The third-order valence-electron chi connectivity index (χ3n) is 7.17. The number of para-hydroxylation sites is 1. The third kappa shape index (κ3) is 5.20. The summed E-state index contributed by atoms with van der Waals surface area (Å²) in [6.45, 7) is 8.20. The van der Waals surface area contributed by atoms with Gasteiger partial charge in [0, 0.05) is 33.6 Å². The van der Waals surface area contributed by atoms with Crippen molar-refractivity contribution in [1.82, 2.24) is 25.1 Å².